The molecule has 0 aromatic heterocycles. The van der Waals surface area contributed by atoms with Gasteiger partial charge in [0, 0.05) is 12.3 Å². The minimum atomic E-state index is -0.644. The van der Waals surface area contributed by atoms with Gasteiger partial charge in [0.15, 0.2) is 11.9 Å². The minimum Gasteiger partial charge on any atom is -0.346 e. The topological polar surface area (TPSA) is 36.9 Å². The summed E-state index contributed by atoms with van der Waals surface area (Å²) in [7, 11) is 0. The van der Waals surface area contributed by atoms with Crippen LogP contribution in [0.1, 0.15) is 66.2 Å². The van der Waals surface area contributed by atoms with Gasteiger partial charge in [-0.05, 0) is 50.4 Å². The van der Waals surface area contributed by atoms with Crippen LogP contribution in [0.5, 0.6) is 0 Å². The molecule has 4 heterocycles. The highest BCUT2D eigenvalue weighted by Gasteiger charge is 2.69. The van der Waals surface area contributed by atoms with E-state index >= 15 is 0 Å². The van der Waals surface area contributed by atoms with Gasteiger partial charge < -0.3 is 9.47 Å². The average Bonchev–Trinajstić information content (AvgIpc) is 2.71. The van der Waals surface area contributed by atoms with Crippen LogP contribution in [0.2, 0.25) is 0 Å². The maximum atomic E-state index is 6.47. The third kappa shape index (κ3) is 1.97. The Morgan fingerprint density at radius 2 is 1.86 bits per heavy atom. The second-order valence-corrected chi connectivity index (χ2v) is 8.23. The first-order valence-electron chi connectivity index (χ1n) is 9.20. The summed E-state index contributed by atoms with van der Waals surface area (Å²) in [5.74, 6) is 1.46. The van der Waals surface area contributed by atoms with Crippen molar-refractivity contribution < 1.29 is 19.2 Å². The molecule has 126 valence electrons. The van der Waals surface area contributed by atoms with Crippen LogP contribution in [0.25, 0.3) is 0 Å². The summed E-state index contributed by atoms with van der Waals surface area (Å²) >= 11 is 0. The third-order valence-electron chi connectivity index (χ3n) is 6.87. The molecular formula is C18H30O4. The number of hydrogen-bond donors (Lipinski definition) is 0. The molecule has 2 bridgehead atoms. The summed E-state index contributed by atoms with van der Waals surface area (Å²) in [6, 6.07) is 0. The lowest BCUT2D eigenvalue weighted by Gasteiger charge is -2.60. The van der Waals surface area contributed by atoms with Gasteiger partial charge in [-0.3, -0.25) is 0 Å². The van der Waals surface area contributed by atoms with Crippen molar-refractivity contribution in [2.75, 3.05) is 0 Å². The van der Waals surface area contributed by atoms with E-state index in [1.54, 1.807) is 0 Å². The molecule has 4 nitrogen and oxygen atoms in total. The third-order valence-corrected chi connectivity index (χ3v) is 6.87. The average molecular weight is 310 g/mol. The molecule has 0 aromatic rings. The lowest BCUT2D eigenvalue weighted by atomic mass is 9.57. The first-order valence-corrected chi connectivity index (χ1v) is 9.20. The van der Waals surface area contributed by atoms with Gasteiger partial charge in [-0.25, -0.2) is 9.78 Å². The van der Waals surface area contributed by atoms with Crippen LogP contribution < -0.4 is 0 Å². The summed E-state index contributed by atoms with van der Waals surface area (Å²) in [6.45, 7) is 8.92. The molecule has 0 amide bonds. The summed E-state index contributed by atoms with van der Waals surface area (Å²) < 4.78 is 12.8. The molecule has 4 heteroatoms. The van der Waals surface area contributed by atoms with Crippen molar-refractivity contribution in [3.8, 4) is 0 Å². The van der Waals surface area contributed by atoms with Gasteiger partial charge in [0.25, 0.3) is 0 Å². The van der Waals surface area contributed by atoms with Crippen molar-refractivity contribution in [1.29, 1.82) is 0 Å². The fourth-order valence-electron chi connectivity index (χ4n) is 5.59. The molecule has 0 radical (unpaired) electrons. The Labute approximate surface area is 133 Å². The highest BCUT2D eigenvalue weighted by atomic mass is 17.3. The molecule has 1 spiro atoms. The number of hydrogen-bond acceptors (Lipinski definition) is 4. The van der Waals surface area contributed by atoms with Crippen LogP contribution in [-0.4, -0.2) is 23.8 Å². The fourth-order valence-corrected chi connectivity index (χ4v) is 5.59. The highest BCUT2D eigenvalue weighted by molar-refractivity contribution is 5.09. The summed E-state index contributed by atoms with van der Waals surface area (Å²) in [5.41, 5.74) is -0.392. The molecule has 1 saturated carbocycles. The van der Waals surface area contributed by atoms with Gasteiger partial charge in [0.2, 0.25) is 5.79 Å². The Hall–Kier alpha value is -0.160. The molecule has 5 fully saturated rings. The van der Waals surface area contributed by atoms with Crippen LogP contribution in [0.3, 0.4) is 0 Å². The Morgan fingerprint density at radius 1 is 1.05 bits per heavy atom. The van der Waals surface area contributed by atoms with Crippen molar-refractivity contribution in [2.45, 2.75) is 90.0 Å². The molecular weight excluding hydrogens is 280 g/mol. The quantitative estimate of drug-likeness (QED) is 0.721. The van der Waals surface area contributed by atoms with Gasteiger partial charge >= 0.3 is 0 Å². The first kappa shape index (κ1) is 15.4. The molecule has 22 heavy (non-hydrogen) atoms. The molecule has 8 atom stereocenters. The standard InChI is InChI=1S/C18H30O4/c1-5-6-15-12(3)14-8-7-11(2)13-9-10-17(4)20-16(19-15)18(13,14)22-21-17/h11-16H,5-10H2,1-4H3/t11-,12-,13+,14-,15-,16-,17-,18-/m1/s1. The SMILES string of the molecule is CCC[C@H]1O[C@@H]2O[C@@]3(C)CC[C@H]4[C@H](C)CC[C@H]([C@H]1C)[C@@]24OO3. The Bertz CT molecular complexity index is 441. The van der Waals surface area contributed by atoms with E-state index in [1.807, 2.05) is 6.92 Å². The zero-order chi connectivity index (χ0) is 15.5. The number of rotatable bonds is 2. The number of fused-ring (bicyclic) bond motifs is 2. The zero-order valence-corrected chi connectivity index (χ0v) is 14.3. The maximum absolute atomic E-state index is 6.47. The minimum absolute atomic E-state index is 0.265. The van der Waals surface area contributed by atoms with E-state index in [9.17, 15) is 0 Å². The van der Waals surface area contributed by atoms with Crippen LogP contribution >= 0.6 is 0 Å². The zero-order valence-electron chi connectivity index (χ0n) is 14.3. The van der Waals surface area contributed by atoms with Crippen molar-refractivity contribution in [2.24, 2.45) is 23.7 Å². The number of ether oxygens (including phenoxy) is 2. The van der Waals surface area contributed by atoms with E-state index in [1.165, 1.54) is 12.8 Å². The molecule has 4 aliphatic heterocycles. The maximum Gasteiger partial charge on any atom is 0.201 e. The second-order valence-electron chi connectivity index (χ2n) is 8.23. The predicted molar refractivity (Wildman–Crippen MR) is 81.7 cm³/mol. The first-order chi connectivity index (χ1) is 10.5. The largest absolute Gasteiger partial charge is 0.346 e. The van der Waals surface area contributed by atoms with Gasteiger partial charge in [0.05, 0.1) is 6.10 Å². The van der Waals surface area contributed by atoms with Crippen molar-refractivity contribution >= 4 is 0 Å². The summed E-state index contributed by atoms with van der Waals surface area (Å²) in [4.78, 5) is 12.0. The lowest BCUT2D eigenvalue weighted by molar-refractivity contribution is -0.571. The van der Waals surface area contributed by atoms with Gasteiger partial charge in [-0.2, -0.15) is 0 Å². The monoisotopic (exact) mass is 310 g/mol. The lowest BCUT2D eigenvalue weighted by Crippen LogP contribution is -2.70. The van der Waals surface area contributed by atoms with Crippen molar-refractivity contribution in [3.63, 3.8) is 0 Å². The van der Waals surface area contributed by atoms with Crippen LogP contribution in [-0.2, 0) is 19.2 Å². The van der Waals surface area contributed by atoms with E-state index in [-0.39, 0.29) is 12.4 Å². The van der Waals surface area contributed by atoms with Crippen molar-refractivity contribution in [1.82, 2.24) is 0 Å². The molecule has 5 aliphatic rings. The molecule has 4 saturated heterocycles. The van der Waals surface area contributed by atoms with Gasteiger partial charge in [-0.1, -0.05) is 27.2 Å². The molecule has 0 unspecified atom stereocenters. The van der Waals surface area contributed by atoms with Crippen LogP contribution in [0.15, 0.2) is 0 Å². The Balaban J connectivity index is 1.75. The normalized spacial score (nSPS) is 57.3. The predicted octanol–water partition coefficient (Wildman–Crippen LogP) is 4.04. The molecule has 5 rings (SSSR count). The molecule has 0 N–H and O–H groups in total. The van der Waals surface area contributed by atoms with Gasteiger partial charge in [0.1, 0.15) is 0 Å². The van der Waals surface area contributed by atoms with E-state index in [0.717, 1.165) is 25.7 Å². The van der Waals surface area contributed by atoms with Crippen molar-refractivity contribution in [3.05, 3.63) is 0 Å². The molecule has 1 aliphatic carbocycles. The summed E-state index contributed by atoms with van der Waals surface area (Å²) in [6.07, 6.45) is 6.75. The Morgan fingerprint density at radius 3 is 2.64 bits per heavy atom. The van der Waals surface area contributed by atoms with E-state index in [4.69, 9.17) is 19.2 Å². The Kier molecular flexibility index (Phi) is 3.61. The smallest absolute Gasteiger partial charge is 0.201 e. The second kappa shape index (κ2) is 5.17. The highest BCUT2D eigenvalue weighted by Crippen LogP contribution is 2.60. The van der Waals surface area contributed by atoms with E-state index in [2.05, 4.69) is 20.8 Å². The van der Waals surface area contributed by atoms with Gasteiger partial charge in [-0.15, -0.1) is 0 Å². The summed E-state index contributed by atoms with van der Waals surface area (Å²) in [5, 5.41) is 0. The fraction of sp³-hybridized carbons (Fsp3) is 1.00. The molecule has 0 aromatic carbocycles. The van der Waals surface area contributed by atoms with E-state index < -0.39 is 11.4 Å². The van der Waals surface area contributed by atoms with Crippen LogP contribution in [0.4, 0.5) is 0 Å². The van der Waals surface area contributed by atoms with E-state index in [0.29, 0.717) is 23.7 Å². The van der Waals surface area contributed by atoms with Crippen LogP contribution in [0, 0.1) is 23.7 Å².